The van der Waals surface area contributed by atoms with Crippen LogP contribution < -0.4 is 14.2 Å². The van der Waals surface area contributed by atoms with Crippen molar-refractivity contribution in [3.8, 4) is 62.9 Å². The molecule has 0 saturated carbocycles. The van der Waals surface area contributed by atoms with Gasteiger partial charge >= 0.3 is 17.6 Å². The van der Waals surface area contributed by atoms with E-state index in [0.29, 0.717) is 65.1 Å². The highest BCUT2D eigenvalue weighted by Crippen LogP contribution is 2.38. The first-order valence-corrected chi connectivity index (χ1v) is 48.7. The van der Waals surface area contributed by atoms with Gasteiger partial charge < -0.3 is 49.1 Å². The third kappa shape index (κ3) is 20.2. The molecule has 2 N–H and O–H groups in total. The van der Waals surface area contributed by atoms with Gasteiger partial charge in [-0.25, -0.2) is 15.0 Å². The lowest BCUT2D eigenvalue weighted by atomic mass is 10.1. The smallest absolute Gasteiger partial charge is 0.469 e. The average Bonchev–Trinajstić information content (AvgIpc) is 3.14. The summed E-state index contributed by atoms with van der Waals surface area (Å²) < 4.78 is 59.6. The molecule has 0 bridgehead atoms. The van der Waals surface area contributed by atoms with Gasteiger partial charge in [-0.3, -0.25) is 0 Å². The van der Waals surface area contributed by atoms with Gasteiger partial charge in [0.25, 0.3) is 0 Å². The average molecular weight is 1100 g/mol. The fraction of sp³-hybridized carbons (Fsp3) is 0.562. The van der Waals surface area contributed by atoms with Crippen molar-refractivity contribution >= 4 is 67.5 Å². The van der Waals surface area contributed by atoms with Gasteiger partial charge in [0.2, 0.25) is 0 Å². The van der Waals surface area contributed by atoms with Crippen LogP contribution in [0.1, 0.15) is 13.8 Å². The molecule has 0 aliphatic carbocycles. The first kappa shape index (κ1) is 59.7. The Morgan fingerprint density at radius 3 is 0.971 bits per heavy atom. The predicted octanol–water partition coefficient (Wildman–Crippen LogP) is 13.3. The van der Waals surface area contributed by atoms with Gasteiger partial charge in [0.05, 0.1) is 31.5 Å². The number of phenolic OH excluding ortho intramolecular Hbond substituents is 2. The molecule has 0 saturated heterocycles. The van der Waals surface area contributed by atoms with E-state index in [1.807, 2.05) is 24.3 Å². The van der Waals surface area contributed by atoms with Crippen LogP contribution in [-0.2, 0) is 24.7 Å². The summed E-state index contributed by atoms with van der Waals surface area (Å²) >= 11 is 0. The Morgan fingerprint density at radius 2 is 0.700 bits per heavy atom. The van der Waals surface area contributed by atoms with Gasteiger partial charge in [0, 0.05) is 29.8 Å². The highest BCUT2D eigenvalue weighted by Gasteiger charge is 2.52. The van der Waals surface area contributed by atoms with Crippen LogP contribution in [0.2, 0.25) is 130 Å². The van der Waals surface area contributed by atoms with Gasteiger partial charge in [-0.2, -0.15) is 0 Å². The number of aromatic hydroxyl groups is 2. The topological polar surface area (TPSA) is 162 Å². The van der Waals surface area contributed by atoms with Crippen molar-refractivity contribution in [1.82, 2.24) is 15.0 Å². The number of hydrogen-bond donors (Lipinski definition) is 2. The predicted molar refractivity (Wildman–Crippen MR) is 303 cm³/mol. The number of ether oxygens (including phenoxy) is 3. The van der Waals surface area contributed by atoms with Crippen molar-refractivity contribution in [2.24, 2.45) is 11.8 Å². The van der Waals surface area contributed by atoms with E-state index in [0.717, 1.165) is 0 Å². The van der Waals surface area contributed by atoms with E-state index < -0.39 is 67.5 Å². The monoisotopic (exact) mass is 1100 g/mol. The summed E-state index contributed by atoms with van der Waals surface area (Å²) in [5.74, 6) is 2.32. The molecule has 14 nitrogen and oxygen atoms in total. The number of methoxy groups -OCH3 is 1. The highest BCUT2D eigenvalue weighted by atomic mass is 28.5. The molecule has 2 unspecified atom stereocenters. The summed E-state index contributed by atoms with van der Waals surface area (Å²) in [6, 6.07) is 18.8. The first-order valence-electron chi connectivity index (χ1n) is 24.4. The summed E-state index contributed by atoms with van der Waals surface area (Å²) in [7, 11) is -16.9. The van der Waals surface area contributed by atoms with Gasteiger partial charge in [-0.05, 0) is 178 Å². The maximum Gasteiger partial charge on any atom is 0.469 e. The second-order valence-electron chi connectivity index (χ2n) is 24.3. The van der Waals surface area contributed by atoms with Crippen LogP contribution in [0.5, 0.6) is 28.7 Å². The Morgan fingerprint density at radius 1 is 0.414 bits per heavy atom. The third-order valence-electron chi connectivity index (χ3n) is 9.44. The quantitative estimate of drug-likeness (QED) is 0.0571. The van der Waals surface area contributed by atoms with Crippen molar-refractivity contribution in [2.75, 3.05) is 20.3 Å². The van der Waals surface area contributed by atoms with Crippen LogP contribution in [0.25, 0.3) is 34.2 Å². The molecule has 0 fully saturated rings. The third-order valence-corrected chi connectivity index (χ3v) is 34.0. The molecular formula is C48H85N3O11Si8. The number of phenols is 2. The van der Waals surface area contributed by atoms with Gasteiger partial charge in [-0.15, -0.1) is 0 Å². The molecule has 2 atom stereocenters. The van der Waals surface area contributed by atoms with Crippen molar-refractivity contribution in [1.29, 1.82) is 0 Å². The Hall–Kier alpha value is -2.83. The first-order chi connectivity index (χ1) is 31.8. The molecule has 0 aliphatic heterocycles. The molecule has 4 rings (SSSR count). The minimum atomic E-state index is -3.09. The normalized spacial score (nSPS) is 14.4. The van der Waals surface area contributed by atoms with Crippen LogP contribution in [0, 0.1) is 11.8 Å². The van der Waals surface area contributed by atoms with Gasteiger partial charge in [-0.1, -0.05) is 13.8 Å². The minimum Gasteiger partial charge on any atom is -0.507 e. The van der Waals surface area contributed by atoms with E-state index in [-0.39, 0.29) is 35.0 Å². The number of benzene rings is 3. The van der Waals surface area contributed by atoms with Crippen LogP contribution in [0.4, 0.5) is 0 Å². The molecular weight excluding hydrogens is 1020 g/mol. The molecule has 3 aromatic carbocycles. The highest BCUT2D eigenvalue weighted by molar-refractivity contribution is 6.91. The van der Waals surface area contributed by atoms with E-state index >= 15 is 0 Å². The number of aromatic nitrogens is 3. The number of rotatable bonds is 26. The fourth-order valence-corrected chi connectivity index (χ4v) is 37.3. The van der Waals surface area contributed by atoms with Crippen molar-refractivity contribution in [2.45, 2.75) is 144 Å². The molecule has 0 amide bonds. The maximum absolute atomic E-state index is 11.6. The molecule has 0 aliphatic rings. The summed E-state index contributed by atoms with van der Waals surface area (Å²) in [6.07, 6.45) is 0. The van der Waals surface area contributed by atoms with E-state index in [2.05, 4.69) is 132 Å². The summed E-state index contributed by atoms with van der Waals surface area (Å²) in [5.41, 5.74) is 1.42. The zero-order valence-corrected chi connectivity index (χ0v) is 54.2. The van der Waals surface area contributed by atoms with Crippen molar-refractivity contribution in [3.05, 3.63) is 60.7 Å². The molecule has 1 heterocycles. The number of hydrogen-bond acceptors (Lipinski definition) is 14. The van der Waals surface area contributed by atoms with Crippen LogP contribution in [0.3, 0.4) is 0 Å². The molecule has 70 heavy (non-hydrogen) atoms. The molecule has 4 aromatic rings. The fourth-order valence-electron chi connectivity index (χ4n) is 7.69. The van der Waals surface area contributed by atoms with E-state index in [1.54, 1.807) is 43.5 Å². The summed E-state index contributed by atoms with van der Waals surface area (Å²) in [5, 5.41) is 23.2. The van der Waals surface area contributed by atoms with Crippen LogP contribution in [0.15, 0.2) is 60.7 Å². The van der Waals surface area contributed by atoms with Crippen LogP contribution in [-0.4, -0.2) is 113 Å². The Kier molecular flexibility index (Phi) is 19.8. The zero-order valence-electron chi connectivity index (χ0n) is 46.2. The summed E-state index contributed by atoms with van der Waals surface area (Å²) in [4.78, 5) is 14.5. The standard InChI is InChI=1S/C48H85N3O11Si8/c1-36(34-69(57-63(4,5)6,58-64(7,8)9)59-65(10,11)12)32-55-40-26-28-42(44(52)30-40)47-49-46(38-22-24-39(54-3)25-23-38)50-48(51-47)43-29-27-41(31-45(43)53)56-33-37(2)35-70(60-66(13,14)15,61-67(16,17)18)62-68(19,20)21/h22-31,36-37,52-53H,32-35H2,1-21H3. The van der Waals surface area contributed by atoms with Gasteiger partial charge in [0.15, 0.2) is 67.4 Å². The lowest BCUT2D eigenvalue weighted by molar-refractivity contribution is 0.216. The lowest BCUT2D eigenvalue weighted by Crippen LogP contribution is -2.61. The molecule has 1 aromatic heterocycles. The van der Waals surface area contributed by atoms with E-state index in [4.69, 9.17) is 53.9 Å². The Bertz CT molecular complexity index is 2120. The molecule has 22 heteroatoms. The van der Waals surface area contributed by atoms with Crippen LogP contribution >= 0.6 is 0 Å². The Balaban J connectivity index is 1.63. The molecule has 0 radical (unpaired) electrons. The maximum atomic E-state index is 11.6. The van der Waals surface area contributed by atoms with Gasteiger partial charge in [0.1, 0.15) is 28.7 Å². The minimum absolute atomic E-state index is 0.0304. The molecule has 390 valence electrons. The molecule has 0 spiro atoms. The second-order valence-corrected chi connectivity index (χ2v) is 58.1. The van der Waals surface area contributed by atoms with E-state index in [1.165, 1.54) is 0 Å². The lowest BCUT2D eigenvalue weighted by Gasteiger charge is -2.43. The second kappa shape index (κ2) is 23.2. The summed E-state index contributed by atoms with van der Waals surface area (Å²) in [6.45, 7) is 44.2. The Labute approximate surface area is 428 Å². The van der Waals surface area contributed by atoms with Crippen molar-refractivity contribution < 1.29 is 49.1 Å². The van der Waals surface area contributed by atoms with E-state index in [9.17, 15) is 10.2 Å². The van der Waals surface area contributed by atoms with Crippen molar-refractivity contribution in [3.63, 3.8) is 0 Å². The largest absolute Gasteiger partial charge is 0.507 e. The SMILES string of the molecule is COc1ccc(-c2nc(-c3ccc(OCC(C)C[Si](O[Si](C)(C)C)(O[Si](C)(C)C)O[Si](C)(C)C)cc3O)nc(-c3ccc(OCC(C)C[Si](O[Si](C)(C)C)(O[Si](C)(C)C)O[Si](C)(C)C)cc3O)n2)cc1. The zero-order chi connectivity index (χ0) is 52.9. The number of nitrogens with zero attached hydrogens (tertiary/aromatic N) is 3.